The predicted molar refractivity (Wildman–Crippen MR) is 99.9 cm³/mol. The van der Waals surface area contributed by atoms with Gasteiger partial charge >= 0.3 is 0 Å². The third-order valence-corrected chi connectivity index (χ3v) is 9.34. The highest BCUT2D eigenvalue weighted by Gasteiger charge is 2.52. The molecule has 0 fully saturated rings. The summed E-state index contributed by atoms with van der Waals surface area (Å²) in [5, 5.41) is 2.58. The third-order valence-electron chi connectivity index (χ3n) is 5.15. The molecule has 2 aliphatic heterocycles. The Balaban J connectivity index is 1.91. The maximum Gasteiger partial charge on any atom is 0.193 e. The molecule has 2 aliphatic rings. The van der Waals surface area contributed by atoms with Crippen LogP contribution in [0.15, 0.2) is 71.3 Å². The van der Waals surface area contributed by atoms with E-state index in [1.165, 1.54) is 27.6 Å². The lowest BCUT2D eigenvalue weighted by molar-refractivity contribution is 0.601. The summed E-state index contributed by atoms with van der Waals surface area (Å²) in [6.07, 6.45) is 1.10. The second kappa shape index (κ2) is 5.52. The molecule has 0 radical (unpaired) electrons. The van der Waals surface area contributed by atoms with Gasteiger partial charge in [-0.1, -0.05) is 73.2 Å². The summed E-state index contributed by atoms with van der Waals surface area (Å²) in [4.78, 5) is 0. The summed E-state index contributed by atoms with van der Waals surface area (Å²) in [6, 6.07) is 21.1. The van der Waals surface area contributed by atoms with Gasteiger partial charge in [-0.3, -0.25) is 4.57 Å². The van der Waals surface area contributed by atoms with Crippen LogP contribution >= 0.6 is 16.4 Å². The Hall–Kier alpha value is -1.55. The first-order valence-electron chi connectivity index (χ1n) is 7.84. The van der Waals surface area contributed by atoms with Crippen molar-refractivity contribution in [1.29, 1.82) is 0 Å². The van der Waals surface area contributed by atoms with E-state index < -0.39 is 7.92 Å². The average Bonchev–Trinajstić information content (AvgIpc) is 3.03. The molecular weight excluding hydrogens is 318 g/mol. The first-order valence-corrected chi connectivity index (χ1v) is 10.2. The second-order valence-corrected chi connectivity index (χ2v) is 9.46. The predicted octanol–water partition coefficient (Wildman–Crippen LogP) is 6.59. The van der Waals surface area contributed by atoms with Gasteiger partial charge < -0.3 is 0 Å². The minimum Gasteiger partial charge on any atom is -0.269 e. The molecular formula is C20H18OP2. The standard InChI is InChI=1S/C20H18OP2/c1-14-18(16-11-7-4-8-12-16)23-13-20(14,2)17(19(23)22-21)15-9-5-3-6-10-15/h3-12H,13H2,1-2H3. The van der Waals surface area contributed by atoms with Crippen molar-refractivity contribution >= 4 is 27.3 Å². The van der Waals surface area contributed by atoms with Gasteiger partial charge in [0.05, 0.1) is 5.06 Å². The topological polar surface area (TPSA) is 17.1 Å². The van der Waals surface area contributed by atoms with E-state index in [9.17, 15) is 4.57 Å². The minimum atomic E-state index is -0.489. The van der Waals surface area contributed by atoms with E-state index in [1.54, 1.807) is 0 Å². The van der Waals surface area contributed by atoms with Crippen molar-refractivity contribution in [1.82, 2.24) is 0 Å². The van der Waals surface area contributed by atoms with E-state index in [0.29, 0.717) is 0 Å². The summed E-state index contributed by atoms with van der Waals surface area (Å²) in [7, 11) is -0.297. The Morgan fingerprint density at radius 3 is 2.09 bits per heavy atom. The number of allylic oxidation sites excluding steroid dienone is 2. The molecule has 1 nitrogen and oxygen atoms in total. The lowest BCUT2D eigenvalue weighted by atomic mass is 9.75. The molecule has 3 heteroatoms. The highest BCUT2D eigenvalue weighted by molar-refractivity contribution is 7.81. The molecule has 2 aromatic carbocycles. The van der Waals surface area contributed by atoms with Crippen molar-refractivity contribution in [3.05, 3.63) is 82.4 Å². The summed E-state index contributed by atoms with van der Waals surface area (Å²) in [5.41, 5.74) is 5.31. The minimum absolute atomic E-state index is 0.0188. The Bertz CT molecular complexity index is 836. The van der Waals surface area contributed by atoms with Crippen LogP contribution in [0, 0.1) is 5.41 Å². The summed E-state index contributed by atoms with van der Waals surface area (Å²) in [6.45, 7) is 4.60. The maximum absolute atomic E-state index is 12.0. The molecule has 2 heterocycles. The number of hydrogen-bond donors (Lipinski definition) is 0. The Morgan fingerprint density at radius 2 is 1.52 bits per heavy atom. The van der Waals surface area contributed by atoms with E-state index >= 15 is 0 Å². The molecule has 0 saturated heterocycles. The smallest absolute Gasteiger partial charge is 0.193 e. The molecule has 2 atom stereocenters. The van der Waals surface area contributed by atoms with Crippen LogP contribution < -0.4 is 0 Å². The lowest BCUT2D eigenvalue weighted by Gasteiger charge is -2.29. The quantitative estimate of drug-likeness (QED) is 0.578. The van der Waals surface area contributed by atoms with Gasteiger partial charge in [0.25, 0.3) is 0 Å². The molecule has 0 saturated carbocycles. The monoisotopic (exact) mass is 336 g/mol. The highest BCUT2D eigenvalue weighted by atomic mass is 31.2. The van der Waals surface area contributed by atoms with Crippen molar-refractivity contribution in [3.8, 4) is 0 Å². The van der Waals surface area contributed by atoms with E-state index in [-0.39, 0.29) is 13.9 Å². The van der Waals surface area contributed by atoms with Gasteiger partial charge in [0.15, 0.2) is 8.46 Å². The van der Waals surface area contributed by atoms with Gasteiger partial charge in [-0.25, -0.2) is 0 Å². The molecule has 23 heavy (non-hydrogen) atoms. The van der Waals surface area contributed by atoms with Crippen LogP contribution in [0.3, 0.4) is 0 Å². The molecule has 2 unspecified atom stereocenters. The zero-order valence-electron chi connectivity index (χ0n) is 13.3. The highest BCUT2D eigenvalue weighted by Crippen LogP contribution is 2.79. The first kappa shape index (κ1) is 15.0. The van der Waals surface area contributed by atoms with E-state index in [4.69, 9.17) is 0 Å². The van der Waals surface area contributed by atoms with E-state index in [2.05, 4.69) is 68.4 Å². The SMILES string of the molecule is CC1=C(c2ccccc2)P2CC1(C)C(c1ccccc1)=C2P=O. The van der Waals surface area contributed by atoms with Crippen LogP contribution in [0.4, 0.5) is 0 Å². The van der Waals surface area contributed by atoms with Crippen LogP contribution in [-0.2, 0) is 4.57 Å². The van der Waals surface area contributed by atoms with Gasteiger partial charge in [-0.2, -0.15) is 0 Å². The first-order chi connectivity index (χ1) is 11.2. The van der Waals surface area contributed by atoms with Gasteiger partial charge in [0.1, 0.15) is 0 Å². The van der Waals surface area contributed by atoms with Crippen LogP contribution in [0.5, 0.6) is 0 Å². The summed E-state index contributed by atoms with van der Waals surface area (Å²) in [5.74, 6) is 0. The molecule has 0 amide bonds. The number of hydrogen-bond acceptors (Lipinski definition) is 1. The fraction of sp³-hybridized carbons (Fsp3) is 0.200. The van der Waals surface area contributed by atoms with Crippen LogP contribution in [0.25, 0.3) is 10.9 Å². The van der Waals surface area contributed by atoms with Gasteiger partial charge in [0, 0.05) is 5.41 Å². The fourth-order valence-corrected chi connectivity index (χ4v) is 8.60. The zero-order valence-corrected chi connectivity index (χ0v) is 15.1. The fourth-order valence-electron chi connectivity index (χ4n) is 3.92. The molecule has 0 aliphatic carbocycles. The van der Waals surface area contributed by atoms with Gasteiger partial charge in [-0.05, 0) is 43.0 Å². The molecule has 4 rings (SSSR count). The summed E-state index contributed by atoms with van der Waals surface area (Å²) >= 11 is 0. The van der Waals surface area contributed by atoms with Crippen LogP contribution in [0.2, 0.25) is 0 Å². The molecule has 2 bridgehead atoms. The van der Waals surface area contributed by atoms with Gasteiger partial charge in [-0.15, -0.1) is 0 Å². The maximum atomic E-state index is 12.0. The normalized spacial score (nSPS) is 26.4. The molecule has 0 aromatic heterocycles. The lowest BCUT2D eigenvalue weighted by Crippen LogP contribution is -2.18. The summed E-state index contributed by atoms with van der Waals surface area (Å²) < 4.78 is 12.0. The second-order valence-electron chi connectivity index (χ2n) is 6.41. The molecule has 0 N–H and O–H groups in total. The van der Waals surface area contributed by atoms with E-state index in [1.807, 2.05) is 6.07 Å². The van der Waals surface area contributed by atoms with Crippen LogP contribution in [-0.4, -0.2) is 6.16 Å². The van der Waals surface area contributed by atoms with Gasteiger partial charge in [0.2, 0.25) is 0 Å². The van der Waals surface area contributed by atoms with E-state index in [0.717, 1.165) is 11.2 Å². The van der Waals surface area contributed by atoms with Crippen molar-refractivity contribution in [3.63, 3.8) is 0 Å². The Kier molecular flexibility index (Phi) is 3.60. The molecule has 114 valence electrons. The molecule has 0 spiro atoms. The zero-order chi connectivity index (χ0) is 16.0. The average molecular weight is 336 g/mol. The Morgan fingerprint density at radius 1 is 0.957 bits per heavy atom. The third kappa shape index (κ3) is 2.11. The number of rotatable bonds is 3. The Labute approximate surface area is 140 Å². The van der Waals surface area contributed by atoms with Crippen molar-refractivity contribution in [2.75, 3.05) is 6.16 Å². The van der Waals surface area contributed by atoms with Crippen molar-refractivity contribution in [2.45, 2.75) is 13.8 Å². The van der Waals surface area contributed by atoms with Crippen LogP contribution in [0.1, 0.15) is 25.0 Å². The number of fused-ring (bicyclic) bond motifs is 2. The molecule has 2 aromatic rings. The van der Waals surface area contributed by atoms with Crippen molar-refractivity contribution in [2.24, 2.45) is 5.41 Å². The largest absolute Gasteiger partial charge is 0.269 e. The van der Waals surface area contributed by atoms with Crippen molar-refractivity contribution < 1.29 is 4.57 Å². The number of benzene rings is 2.